The molecule has 1 heteroatoms. The van der Waals surface area contributed by atoms with Crippen LogP contribution in [0.2, 0.25) is 0 Å². The van der Waals surface area contributed by atoms with Crippen molar-refractivity contribution < 1.29 is 0 Å². The summed E-state index contributed by atoms with van der Waals surface area (Å²) in [5.41, 5.74) is 8.54. The van der Waals surface area contributed by atoms with Crippen molar-refractivity contribution in [2.45, 2.75) is 13.8 Å². The van der Waals surface area contributed by atoms with Crippen LogP contribution < -0.4 is 4.90 Å². The lowest BCUT2D eigenvalue weighted by Gasteiger charge is -2.29. The first-order valence-electron chi connectivity index (χ1n) is 13.5. The Labute approximate surface area is 229 Å². The van der Waals surface area contributed by atoms with Crippen molar-refractivity contribution in [2.24, 2.45) is 0 Å². The van der Waals surface area contributed by atoms with E-state index in [0.717, 1.165) is 11.4 Å². The Morgan fingerprint density at radius 3 is 1.41 bits per heavy atom. The molecule has 0 spiro atoms. The third-order valence-electron chi connectivity index (χ3n) is 7.75. The first kappa shape index (κ1) is 23.3. The molecule has 1 nitrogen and oxygen atoms in total. The van der Waals surface area contributed by atoms with Gasteiger partial charge in [-0.3, -0.25) is 0 Å². The Balaban J connectivity index is 1.60. The SMILES string of the molecule is Cc1ccc(N(c2ccc(C)cc2)c2c3ccccc3c(-c3ccc4ccccc4c3)c3ccccc23)cc1. The number of hydrogen-bond acceptors (Lipinski definition) is 1. The minimum Gasteiger partial charge on any atom is -0.309 e. The monoisotopic (exact) mass is 499 g/mol. The molecule has 7 aromatic rings. The van der Waals surface area contributed by atoms with Crippen LogP contribution in [-0.4, -0.2) is 0 Å². The lowest BCUT2D eigenvalue weighted by Crippen LogP contribution is -2.11. The summed E-state index contributed by atoms with van der Waals surface area (Å²) in [7, 11) is 0. The van der Waals surface area contributed by atoms with E-state index in [4.69, 9.17) is 0 Å². The van der Waals surface area contributed by atoms with Crippen LogP contribution in [-0.2, 0) is 0 Å². The zero-order valence-electron chi connectivity index (χ0n) is 22.2. The quantitative estimate of drug-likeness (QED) is 0.218. The van der Waals surface area contributed by atoms with Gasteiger partial charge in [0.15, 0.2) is 0 Å². The molecule has 0 bridgehead atoms. The van der Waals surface area contributed by atoms with Gasteiger partial charge in [0.2, 0.25) is 0 Å². The summed E-state index contributed by atoms with van der Waals surface area (Å²) in [4.78, 5) is 2.42. The van der Waals surface area contributed by atoms with Crippen molar-refractivity contribution >= 4 is 49.4 Å². The second kappa shape index (κ2) is 9.45. The lowest BCUT2D eigenvalue weighted by molar-refractivity contribution is 1.29. The van der Waals surface area contributed by atoms with Gasteiger partial charge in [0.25, 0.3) is 0 Å². The van der Waals surface area contributed by atoms with Gasteiger partial charge in [0.1, 0.15) is 0 Å². The fourth-order valence-corrected chi connectivity index (χ4v) is 5.80. The summed E-state index contributed by atoms with van der Waals surface area (Å²) in [6.45, 7) is 4.28. The lowest BCUT2D eigenvalue weighted by atomic mass is 9.89. The standard InChI is InChI=1S/C38H29N/c1-26-15-21-31(22-16-26)39(32-23-17-27(2)18-24-32)38-35-13-7-5-11-33(35)37(34-12-6-8-14-36(34)38)30-20-19-28-9-3-4-10-29(28)25-30/h3-25H,1-2H3. The highest BCUT2D eigenvalue weighted by Crippen LogP contribution is 2.48. The highest BCUT2D eigenvalue weighted by atomic mass is 15.1. The predicted molar refractivity (Wildman–Crippen MR) is 169 cm³/mol. The molecular formula is C38H29N. The summed E-state index contributed by atoms with van der Waals surface area (Å²) >= 11 is 0. The Bertz CT molecular complexity index is 1860. The number of nitrogens with zero attached hydrogens (tertiary/aromatic N) is 1. The largest absolute Gasteiger partial charge is 0.309 e. The maximum absolute atomic E-state index is 2.42. The first-order chi connectivity index (χ1) is 19.2. The molecule has 0 fully saturated rings. The second-order valence-corrected chi connectivity index (χ2v) is 10.4. The molecule has 0 aliphatic carbocycles. The summed E-state index contributed by atoms with van der Waals surface area (Å²) in [5.74, 6) is 0. The number of anilines is 3. The Hall–Kier alpha value is -4.88. The van der Waals surface area contributed by atoms with E-state index in [1.165, 1.54) is 60.3 Å². The molecule has 0 radical (unpaired) electrons. The fourth-order valence-electron chi connectivity index (χ4n) is 5.80. The van der Waals surface area contributed by atoms with E-state index in [1.807, 2.05) is 0 Å². The highest BCUT2D eigenvalue weighted by molar-refractivity contribution is 6.22. The molecule has 39 heavy (non-hydrogen) atoms. The Kier molecular flexibility index (Phi) is 5.64. The van der Waals surface area contributed by atoms with Gasteiger partial charge in [-0.15, -0.1) is 0 Å². The number of benzene rings is 7. The average molecular weight is 500 g/mol. The Morgan fingerprint density at radius 2 is 0.872 bits per heavy atom. The molecule has 186 valence electrons. The normalized spacial score (nSPS) is 11.3. The van der Waals surface area contributed by atoms with Gasteiger partial charge in [0.05, 0.1) is 5.69 Å². The van der Waals surface area contributed by atoms with Crippen LogP contribution in [0.1, 0.15) is 11.1 Å². The molecule has 0 aromatic heterocycles. The van der Waals surface area contributed by atoms with Crippen LogP contribution in [0.5, 0.6) is 0 Å². The minimum absolute atomic E-state index is 1.15. The van der Waals surface area contributed by atoms with Crippen LogP contribution >= 0.6 is 0 Å². The molecule has 0 N–H and O–H groups in total. The summed E-state index contributed by atoms with van der Waals surface area (Å²) in [5, 5.41) is 7.50. The van der Waals surface area contributed by atoms with Crippen molar-refractivity contribution in [1.29, 1.82) is 0 Å². The summed E-state index contributed by atoms with van der Waals surface area (Å²) in [6, 6.07) is 50.9. The number of rotatable bonds is 4. The minimum atomic E-state index is 1.15. The summed E-state index contributed by atoms with van der Waals surface area (Å²) in [6.07, 6.45) is 0. The van der Waals surface area contributed by atoms with Crippen molar-refractivity contribution in [1.82, 2.24) is 0 Å². The third-order valence-corrected chi connectivity index (χ3v) is 7.75. The predicted octanol–water partition coefficient (Wildman–Crippen LogP) is 10.9. The van der Waals surface area contributed by atoms with Crippen molar-refractivity contribution in [3.05, 3.63) is 151 Å². The molecule has 0 heterocycles. The van der Waals surface area contributed by atoms with Crippen molar-refractivity contribution in [2.75, 3.05) is 4.90 Å². The second-order valence-electron chi connectivity index (χ2n) is 10.4. The molecule has 7 aromatic carbocycles. The van der Waals surface area contributed by atoms with Crippen LogP contribution in [0.15, 0.2) is 140 Å². The maximum atomic E-state index is 2.42. The van der Waals surface area contributed by atoms with Crippen LogP contribution in [0.25, 0.3) is 43.4 Å². The molecule has 0 unspecified atom stereocenters. The molecule has 0 saturated heterocycles. The van der Waals surface area contributed by atoms with Gasteiger partial charge >= 0.3 is 0 Å². The van der Waals surface area contributed by atoms with Gasteiger partial charge in [-0.25, -0.2) is 0 Å². The molecule has 0 amide bonds. The van der Waals surface area contributed by atoms with Crippen molar-refractivity contribution in [3.63, 3.8) is 0 Å². The number of aryl methyl sites for hydroxylation is 2. The molecular weight excluding hydrogens is 470 g/mol. The highest BCUT2D eigenvalue weighted by Gasteiger charge is 2.22. The molecule has 0 aliphatic heterocycles. The molecule has 0 atom stereocenters. The van der Waals surface area contributed by atoms with E-state index in [0.29, 0.717) is 0 Å². The topological polar surface area (TPSA) is 3.24 Å². The molecule has 7 rings (SSSR count). The number of fused-ring (bicyclic) bond motifs is 3. The van der Waals surface area contributed by atoms with E-state index in [-0.39, 0.29) is 0 Å². The average Bonchev–Trinajstić information content (AvgIpc) is 2.98. The Morgan fingerprint density at radius 1 is 0.410 bits per heavy atom. The number of hydrogen-bond donors (Lipinski definition) is 0. The van der Waals surface area contributed by atoms with Gasteiger partial charge in [-0.2, -0.15) is 0 Å². The zero-order valence-corrected chi connectivity index (χ0v) is 22.2. The molecule has 0 saturated carbocycles. The first-order valence-corrected chi connectivity index (χ1v) is 13.5. The fraction of sp³-hybridized carbons (Fsp3) is 0.0526. The van der Waals surface area contributed by atoms with E-state index < -0.39 is 0 Å². The van der Waals surface area contributed by atoms with E-state index >= 15 is 0 Å². The van der Waals surface area contributed by atoms with Gasteiger partial charge < -0.3 is 4.90 Å². The van der Waals surface area contributed by atoms with E-state index in [1.54, 1.807) is 0 Å². The smallest absolute Gasteiger partial charge is 0.0618 e. The van der Waals surface area contributed by atoms with Crippen LogP contribution in [0.3, 0.4) is 0 Å². The van der Waals surface area contributed by atoms with Crippen LogP contribution in [0, 0.1) is 13.8 Å². The molecule has 0 aliphatic rings. The third kappa shape index (κ3) is 4.04. The van der Waals surface area contributed by atoms with Crippen LogP contribution in [0.4, 0.5) is 17.1 Å². The van der Waals surface area contributed by atoms with Crippen molar-refractivity contribution in [3.8, 4) is 11.1 Å². The zero-order chi connectivity index (χ0) is 26.3. The van der Waals surface area contributed by atoms with E-state index in [9.17, 15) is 0 Å². The van der Waals surface area contributed by atoms with Gasteiger partial charge in [-0.1, -0.05) is 120 Å². The van der Waals surface area contributed by atoms with Gasteiger partial charge in [-0.05, 0) is 76.9 Å². The van der Waals surface area contributed by atoms with E-state index in [2.05, 4.69) is 158 Å². The van der Waals surface area contributed by atoms with Gasteiger partial charge in [0, 0.05) is 22.1 Å². The maximum Gasteiger partial charge on any atom is 0.0618 e. The summed E-state index contributed by atoms with van der Waals surface area (Å²) < 4.78 is 0.